The molecule has 1 aliphatic rings. The number of nitrogens with one attached hydrogen (secondary N) is 1. The van der Waals surface area contributed by atoms with E-state index < -0.39 is 0 Å². The first kappa shape index (κ1) is 15.8. The van der Waals surface area contributed by atoms with Crippen molar-refractivity contribution >= 4 is 5.91 Å². The van der Waals surface area contributed by atoms with Gasteiger partial charge in [-0.15, -0.1) is 0 Å². The predicted octanol–water partition coefficient (Wildman–Crippen LogP) is 4.21. The van der Waals surface area contributed by atoms with E-state index in [0.29, 0.717) is 6.42 Å². The first-order chi connectivity index (χ1) is 11.0. The van der Waals surface area contributed by atoms with Gasteiger partial charge in [0.2, 0.25) is 5.91 Å². The van der Waals surface area contributed by atoms with Gasteiger partial charge in [0.15, 0.2) is 0 Å². The van der Waals surface area contributed by atoms with Crippen LogP contribution in [0.4, 0.5) is 0 Å². The lowest BCUT2D eigenvalue weighted by atomic mass is 10.0. The monoisotopic (exact) mass is 307 g/mol. The fourth-order valence-electron chi connectivity index (χ4n) is 3.40. The molecule has 120 valence electrons. The molecule has 0 saturated heterocycles. The standard InChI is InChI=1S/C21H25NO/c1-14-7-8-15(2)20(11-14)13-21(23)22-16(3)18-10-9-17-5-4-6-19(17)12-18/h7-12,16H,4-6,13H2,1-3H3,(H,22,23)/t16-/m0/s1. The van der Waals surface area contributed by atoms with Gasteiger partial charge < -0.3 is 5.32 Å². The van der Waals surface area contributed by atoms with Crippen molar-refractivity contribution in [1.29, 1.82) is 0 Å². The van der Waals surface area contributed by atoms with Crippen LogP contribution in [0.2, 0.25) is 0 Å². The Kier molecular flexibility index (Phi) is 4.51. The highest BCUT2D eigenvalue weighted by atomic mass is 16.1. The Morgan fingerprint density at radius 2 is 1.87 bits per heavy atom. The Bertz CT molecular complexity index is 733. The van der Waals surface area contributed by atoms with E-state index in [4.69, 9.17) is 0 Å². The normalized spacial score (nSPS) is 14.4. The van der Waals surface area contributed by atoms with Crippen molar-refractivity contribution in [2.75, 3.05) is 0 Å². The molecule has 2 nitrogen and oxygen atoms in total. The highest BCUT2D eigenvalue weighted by molar-refractivity contribution is 5.79. The summed E-state index contributed by atoms with van der Waals surface area (Å²) >= 11 is 0. The van der Waals surface area contributed by atoms with Crippen molar-refractivity contribution in [2.45, 2.75) is 52.5 Å². The summed E-state index contributed by atoms with van der Waals surface area (Å²) in [7, 11) is 0. The van der Waals surface area contributed by atoms with E-state index in [9.17, 15) is 4.79 Å². The number of carbonyl (C=O) groups is 1. The molecular weight excluding hydrogens is 282 g/mol. The van der Waals surface area contributed by atoms with E-state index in [-0.39, 0.29) is 11.9 Å². The Balaban J connectivity index is 1.66. The Labute approximate surface area is 138 Å². The maximum atomic E-state index is 12.4. The van der Waals surface area contributed by atoms with Crippen LogP contribution in [-0.2, 0) is 24.1 Å². The van der Waals surface area contributed by atoms with Crippen molar-refractivity contribution < 1.29 is 4.79 Å². The molecule has 0 saturated carbocycles. The topological polar surface area (TPSA) is 29.1 Å². The predicted molar refractivity (Wildman–Crippen MR) is 94.6 cm³/mol. The molecule has 0 unspecified atom stereocenters. The lowest BCUT2D eigenvalue weighted by Gasteiger charge is -2.16. The average Bonchev–Trinajstić information content (AvgIpc) is 2.98. The van der Waals surface area contributed by atoms with Gasteiger partial charge in [-0.1, -0.05) is 42.0 Å². The van der Waals surface area contributed by atoms with Crippen LogP contribution in [0.15, 0.2) is 36.4 Å². The molecule has 0 radical (unpaired) electrons. The Hall–Kier alpha value is -2.09. The van der Waals surface area contributed by atoms with Crippen molar-refractivity contribution in [1.82, 2.24) is 5.32 Å². The summed E-state index contributed by atoms with van der Waals surface area (Å²) in [6.45, 7) is 6.19. The number of aryl methyl sites for hydroxylation is 4. The summed E-state index contributed by atoms with van der Waals surface area (Å²) in [4.78, 5) is 12.4. The zero-order valence-electron chi connectivity index (χ0n) is 14.3. The summed E-state index contributed by atoms with van der Waals surface area (Å²) in [5, 5.41) is 3.14. The first-order valence-electron chi connectivity index (χ1n) is 8.50. The molecule has 0 bridgehead atoms. The molecular formula is C21H25NO. The van der Waals surface area contributed by atoms with Crippen molar-refractivity contribution in [3.8, 4) is 0 Å². The quantitative estimate of drug-likeness (QED) is 0.900. The number of fused-ring (bicyclic) bond motifs is 1. The zero-order valence-corrected chi connectivity index (χ0v) is 14.3. The van der Waals surface area contributed by atoms with Gasteiger partial charge >= 0.3 is 0 Å². The fourth-order valence-corrected chi connectivity index (χ4v) is 3.40. The maximum absolute atomic E-state index is 12.4. The molecule has 3 rings (SSSR count). The number of hydrogen-bond acceptors (Lipinski definition) is 1. The number of amides is 1. The largest absolute Gasteiger partial charge is 0.349 e. The van der Waals surface area contributed by atoms with Crippen molar-refractivity contribution in [3.63, 3.8) is 0 Å². The van der Waals surface area contributed by atoms with E-state index in [1.807, 2.05) is 0 Å². The van der Waals surface area contributed by atoms with Crippen LogP contribution in [0.5, 0.6) is 0 Å². The van der Waals surface area contributed by atoms with Crippen LogP contribution in [0.25, 0.3) is 0 Å². The highest BCUT2D eigenvalue weighted by Crippen LogP contribution is 2.25. The zero-order chi connectivity index (χ0) is 16.4. The van der Waals surface area contributed by atoms with Crippen LogP contribution in [-0.4, -0.2) is 5.91 Å². The second-order valence-corrected chi connectivity index (χ2v) is 6.78. The molecule has 1 N–H and O–H groups in total. The minimum atomic E-state index is 0.0542. The third-order valence-corrected chi connectivity index (χ3v) is 4.86. The summed E-state index contributed by atoms with van der Waals surface area (Å²) in [6.07, 6.45) is 4.07. The second kappa shape index (κ2) is 6.57. The van der Waals surface area contributed by atoms with Crippen LogP contribution in [0, 0.1) is 13.8 Å². The van der Waals surface area contributed by atoms with Crippen LogP contribution in [0.1, 0.15) is 52.8 Å². The molecule has 0 fully saturated rings. The molecule has 1 atom stereocenters. The first-order valence-corrected chi connectivity index (χ1v) is 8.50. The number of carbonyl (C=O) groups excluding carboxylic acids is 1. The molecule has 0 aromatic heterocycles. The van der Waals surface area contributed by atoms with Crippen LogP contribution < -0.4 is 5.32 Å². The van der Waals surface area contributed by atoms with Gasteiger partial charge in [0.05, 0.1) is 12.5 Å². The van der Waals surface area contributed by atoms with E-state index >= 15 is 0 Å². The molecule has 1 amide bonds. The van der Waals surface area contributed by atoms with Gasteiger partial charge in [0.25, 0.3) is 0 Å². The second-order valence-electron chi connectivity index (χ2n) is 6.78. The molecule has 23 heavy (non-hydrogen) atoms. The summed E-state index contributed by atoms with van der Waals surface area (Å²) < 4.78 is 0. The fraction of sp³-hybridized carbons (Fsp3) is 0.381. The number of rotatable bonds is 4. The van der Waals surface area contributed by atoms with Crippen molar-refractivity contribution in [3.05, 3.63) is 69.8 Å². The summed E-state index contributed by atoms with van der Waals surface area (Å²) in [5.74, 6) is 0.0895. The SMILES string of the molecule is Cc1ccc(C)c(CC(=O)N[C@@H](C)c2ccc3c(c2)CCC3)c1. The minimum Gasteiger partial charge on any atom is -0.349 e. The molecule has 2 aromatic rings. The van der Waals surface area contributed by atoms with Crippen molar-refractivity contribution in [2.24, 2.45) is 0 Å². The lowest BCUT2D eigenvalue weighted by Crippen LogP contribution is -2.28. The smallest absolute Gasteiger partial charge is 0.224 e. The van der Waals surface area contributed by atoms with Gasteiger partial charge in [0.1, 0.15) is 0 Å². The summed E-state index contributed by atoms with van der Waals surface area (Å²) in [6, 6.07) is 13.0. The maximum Gasteiger partial charge on any atom is 0.224 e. The molecule has 0 heterocycles. The number of benzene rings is 2. The summed E-state index contributed by atoms with van der Waals surface area (Å²) in [5.41, 5.74) is 7.63. The van der Waals surface area contributed by atoms with Crippen LogP contribution >= 0.6 is 0 Å². The van der Waals surface area contributed by atoms with E-state index in [0.717, 1.165) is 5.56 Å². The molecule has 0 aliphatic heterocycles. The van der Waals surface area contributed by atoms with Gasteiger partial charge in [-0.2, -0.15) is 0 Å². The van der Waals surface area contributed by atoms with Gasteiger partial charge in [-0.05, 0) is 67.9 Å². The van der Waals surface area contributed by atoms with E-state index in [2.05, 4.69) is 62.5 Å². The third kappa shape index (κ3) is 3.64. The van der Waals surface area contributed by atoms with Gasteiger partial charge in [-0.3, -0.25) is 4.79 Å². The highest BCUT2D eigenvalue weighted by Gasteiger charge is 2.15. The molecule has 0 spiro atoms. The number of hydrogen-bond donors (Lipinski definition) is 1. The average molecular weight is 307 g/mol. The molecule has 2 heteroatoms. The third-order valence-electron chi connectivity index (χ3n) is 4.86. The van der Waals surface area contributed by atoms with E-state index in [1.54, 1.807) is 0 Å². The Morgan fingerprint density at radius 1 is 1.09 bits per heavy atom. The molecule has 2 aromatic carbocycles. The minimum absolute atomic E-state index is 0.0542. The molecule has 1 aliphatic carbocycles. The van der Waals surface area contributed by atoms with E-state index in [1.165, 1.54) is 47.1 Å². The Morgan fingerprint density at radius 3 is 2.70 bits per heavy atom. The lowest BCUT2D eigenvalue weighted by molar-refractivity contribution is -0.121. The van der Waals surface area contributed by atoms with Gasteiger partial charge in [-0.25, -0.2) is 0 Å². The van der Waals surface area contributed by atoms with Crippen LogP contribution in [0.3, 0.4) is 0 Å². The van der Waals surface area contributed by atoms with Gasteiger partial charge in [0, 0.05) is 0 Å².